The van der Waals surface area contributed by atoms with Gasteiger partial charge in [0.05, 0.1) is 0 Å². The highest BCUT2D eigenvalue weighted by atomic mass is 32.2. The van der Waals surface area contributed by atoms with Crippen LogP contribution in [0.3, 0.4) is 0 Å². The molecule has 2 aromatic rings. The molecule has 1 heterocycles. The van der Waals surface area contributed by atoms with E-state index >= 15 is 0 Å². The fraction of sp³-hybridized carbons (Fsp3) is 0.316. The summed E-state index contributed by atoms with van der Waals surface area (Å²) in [6, 6.07) is 18.0. The third-order valence-corrected chi connectivity index (χ3v) is 4.90. The molecule has 1 aliphatic rings. The van der Waals surface area contributed by atoms with Crippen LogP contribution in [0.4, 0.5) is 0 Å². The molecule has 0 saturated heterocycles. The van der Waals surface area contributed by atoms with E-state index in [1.165, 1.54) is 5.56 Å². The van der Waals surface area contributed by atoms with E-state index in [-0.39, 0.29) is 5.97 Å². The number of ether oxygens (including phenoxy) is 2. The first-order chi connectivity index (χ1) is 11.2. The summed E-state index contributed by atoms with van der Waals surface area (Å²) in [7, 11) is 0. The van der Waals surface area contributed by atoms with E-state index in [0.29, 0.717) is 18.8 Å². The van der Waals surface area contributed by atoms with Gasteiger partial charge >= 0.3 is 5.97 Å². The summed E-state index contributed by atoms with van der Waals surface area (Å²) >= 11 is 1.59. The Bertz CT molecular complexity index is 644. The molecule has 0 radical (unpaired) electrons. The molecule has 3 rings (SSSR count). The van der Waals surface area contributed by atoms with Gasteiger partial charge in [-0.2, -0.15) is 0 Å². The zero-order valence-electron chi connectivity index (χ0n) is 13.2. The fourth-order valence-electron chi connectivity index (χ4n) is 2.72. The fourth-order valence-corrected chi connectivity index (χ4v) is 3.42. The second-order valence-electron chi connectivity index (χ2n) is 5.62. The lowest BCUT2D eigenvalue weighted by molar-refractivity contribution is -0.158. The number of esters is 1. The maximum absolute atomic E-state index is 12.5. The molecule has 23 heavy (non-hydrogen) atoms. The number of fused-ring (bicyclic) bond motifs is 1. The molecule has 4 heteroatoms. The Morgan fingerprint density at radius 2 is 1.91 bits per heavy atom. The Labute approximate surface area is 141 Å². The van der Waals surface area contributed by atoms with Gasteiger partial charge in [0.2, 0.25) is 5.60 Å². The number of benzene rings is 2. The minimum Gasteiger partial charge on any atom is -0.475 e. The van der Waals surface area contributed by atoms with E-state index < -0.39 is 5.60 Å². The van der Waals surface area contributed by atoms with E-state index in [0.717, 1.165) is 17.1 Å². The van der Waals surface area contributed by atoms with Crippen molar-refractivity contribution in [2.75, 3.05) is 5.94 Å². The van der Waals surface area contributed by atoms with Gasteiger partial charge in [0, 0.05) is 12.2 Å². The van der Waals surface area contributed by atoms with Crippen LogP contribution in [0.15, 0.2) is 54.6 Å². The highest BCUT2D eigenvalue weighted by Gasteiger charge is 2.46. The summed E-state index contributed by atoms with van der Waals surface area (Å²) in [6.45, 7) is 1.96. The van der Waals surface area contributed by atoms with Crippen molar-refractivity contribution < 1.29 is 14.3 Å². The van der Waals surface area contributed by atoms with Crippen LogP contribution >= 0.6 is 11.8 Å². The summed E-state index contributed by atoms with van der Waals surface area (Å²) in [4.78, 5) is 12.5. The van der Waals surface area contributed by atoms with Crippen LogP contribution in [0.1, 0.15) is 24.5 Å². The first-order valence-corrected chi connectivity index (χ1v) is 8.95. The first-order valence-electron chi connectivity index (χ1n) is 7.79. The minimum atomic E-state index is -0.864. The van der Waals surface area contributed by atoms with Crippen molar-refractivity contribution in [2.45, 2.75) is 31.1 Å². The van der Waals surface area contributed by atoms with Gasteiger partial charge in [-0.25, -0.2) is 4.79 Å². The van der Waals surface area contributed by atoms with Crippen molar-refractivity contribution in [3.05, 3.63) is 65.7 Å². The predicted molar refractivity (Wildman–Crippen MR) is 92.5 cm³/mol. The molecular formula is C19H20O3S. The minimum absolute atomic E-state index is 0.267. The summed E-state index contributed by atoms with van der Waals surface area (Å²) in [6.07, 6.45) is 1.19. The Hall–Kier alpha value is -1.94. The van der Waals surface area contributed by atoms with Gasteiger partial charge in [0.25, 0.3) is 0 Å². The van der Waals surface area contributed by atoms with E-state index in [1.54, 1.807) is 11.8 Å². The average molecular weight is 328 g/mol. The summed E-state index contributed by atoms with van der Waals surface area (Å²) in [5, 5.41) is 0. The Kier molecular flexibility index (Phi) is 4.91. The zero-order chi connectivity index (χ0) is 16.1. The van der Waals surface area contributed by atoms with Crippen molar-refractivity contribution in [1.29, 1.82) is 0 Å². The van der Waals surface area contributed by atoms with Gasteiger partial charge in [-0.05, 0) is 23.6 Å². The van der Waals surface area contributed by atoms with Crippen LogP contribution in [0.2, 0.25) is 0 Å². The quantitative estimate of drug-likeness (QED) is 0.452. The number of carbonyl (C=O) groups excluding carboxylic acids is 1. The summed E-state index contributed by atoms with van der Waals surface area (Å²) in [5.41, 5.74) is 1.43. The third-order valence-electron chi connectivity index (χ3n) is 4.08. The highest BCUT2D eigenvalue weighted by Crippen LogP contribution is 2.37. The lowest BCUT2D eigenvalue weighted by Gasteiger charge is -2.24. The van der Waals surface area contributed by atoms with Gasteiger partial charge in [-0.15, -0.1) is 11.8 Å². The van der Waals surface area contributed by atoms with Gasteiger partial charge in [0.15, 0.2) is 0 Å². The van der Waals surface area contributed by atoms with Crippen LogP contribution in [0, 0.1) is 0 Å². The molecular weight excluding hydrogens is 308 g/mol. The number of carbonyl (C=O) groups is 1. The molecule has 1 atom stereocenters. The topological polar surface area (TPSA) is 35.5 Å². The molecule has 1 aliphatic heterocycles. The zero-order valence-corrected chi connectivity index (χ0v) is 14.0. The molecule has 0 bridgehead atoms. The lowest BCUT2D eigenvalue weighted by Crippen LogP contribution is -2.44. The molecule has 0 N–H and O–H groups in total. The lowest BCUT2D eigenvalue weighted by atomic mass is 9.94. The molecule has 1 unspecified atom stereocenters. The van der Waals surface area contributed by atoms with Crippen molar-refractivity contribution in [3.8, 4) is 5.75 Å². The molecule has 0 saturated carbocycles. The molecule has 120 valence electrons. The predicted octanol–water partition coefficient (Wildman–Crippen LogP) is 4.20. The van der Waals surface area contributed by atoms with Gasteiger partial charge in [0.1, 0.15) is 11.7 Å². The van der Waals surface area contributed by atoms with Crippen LogP contribution < -0.4 is 4.74 Å². The van der Waals surface area contributed by atoms with E-state index in [4.69, 9.17) is 9.47 Å². The number of thioether (sulfide) groups is 1. The molecule has 0 aromatic heterocycles. The van der Waals surface area contributed by atoms with E-state index in [2.05, 4.69) is 12.1 Å². The monoisotopic (exact) mass is 328 g/mol. The second kappa shape index (κ2) is 7.09. The van der Waals surface area contributed by atoms with Crippen LogP contribution in [0.5, 0.6) is 5.75 Å². The SMILES string of the molecule is CCC1(C(=O)OCSCc2ccccc2)Cc2ccccc2O1. The van der Waals surface area contributed by atoms with Gasteiger partial charge in [-0.1, -0.05) is 55.5 Å². The van der Waals surface area contributed by atoms with Gasteiger partial charge < -0.3 is 9.47 Å². The van der Waals surface area contributed by atoms with E-state index in [9.17, 15) is 4.79 Å². The third kappa shape index (κ3) is 3.53. The summed E-state index contributed by atoms with van der Waals surface area (Å²) in [5.74, 6) is 1.70. The molecule has 2 aromatic carbocycles. The first kappa shape index (κ1) is 15.9. The standard InChI is InChI=1S/C19H20O3S/c1-2-19(12-16-10-6-7-11-17(16)22-19)18(20)21-14-23-13-15-8-4-3-5-9-15/h3-11H,2,12-14H2,1H3. The van der Waals surface area contributed by atoms with Gasteiger partial charge in [-0.3, -0.25) is 0 Å². The Balaban J connectivity index is 1.53. The number of hydrogen-bond acceptors (Lipinski definition) is 4. The number of hydrogen-bond donors (Lipinski definition) is 0. The molecule has 3 nitrogen and oxygen atoms in total. The Morgan fingerprint density at radius 3 is 2.65 bits per heavy atom. The van der Waals surface area contributed by atoms with Crippen LogP contribution in [0.25, 0.3) is 0 Å². The van der Waals surface area contributed by atoms with Crippen molar-refractivity contribution in [2.24, 2.45) is 0 Å². The molecule has 0 spiro atoms. The Morgan fingerprint density at radius 1 is 1.17 bits per heavy atom. The molecule has 0 aliphatic carbocycles. The average Bonchev–Trinajstić information content (AvgIpc) is 2.99. The van der Waals surface area contributed by atoms with E-state index in [1.807, 2.05) is 49.4 Å². The van der Waals surface area contributed by atoms with Crippen LogP contribution in [-0.2, 0) is 21.7 Å². The largest absolute Gasteiger partial charge is 0.475 e. The van der Waals surface area contributed by atoms with Crippen molar-refractivity contribution >= 4 is 17.7 Å². The number of para-hydroxylation sites is 1. The van der Waals surface area contributed by atoms with Crippen molar-refractivity contribution in [3.63, 3.8) is 0 Å². The highest BCUT2D eigenvalue weighted by molar-refractivity contribution is 7.98. The number of rotatable bonds is 6. The smallest absolute Gasteiger partial charge is 0.351 e. The normalized spacial score (nSPS) is 19.0. The molecule has 0 fully saturated rings. The second-order valence-corrected chi connectivity index (χ2v) is 6.55. The van der Waals surface area contributed by atoms with Crippen LogP contribution in [-0.4, -0.2) is 17.5 Å². The maximum Gasteiger partial charge on any atom is 0.351 e. The van der Waals surface area contributed by atoms with Crippen molar-refractivity contribution in [1.82, 2.24) is 0 Å². The molecule has 0 amide bonds. The maximum atomic E-state index is 12.5. The summed E-state index contributed by atoms with van der Waals surface area (Å²) < 4.78 is 11.4.